The molecule has 1 atom stereocenters. The molecule has 3 heterocycles. The molecule has 0 radical (unpaired) electrons. The van der Waals surface area contributed by atoms with E-state index in [1.54, 1.807) is 11.8 Å². The van der Waals surface area contributed by atoms with E-state index < -0.39 is 0 Å². The summed E-state index contributed by atoms with van der Waals surface area (Å²) in [6.45, 7) is 5.79. The number of hydrogen-bond donors (Lipinski definition) is 1. The van der Waals surface area contributed by atoms with Gasteiger partial charge in [0.15, 0.2) is 0 Å². The lowest BCUT2D eigenvalue weighted by atomic mass is 10.0. The van der Waals surface area contributed by atoms with E-state index in [0.29, 0.717) is 44.8 Å². The molecule has 0 saturated carbocycles. The van der Waals surface area contributed by atoms with Gasteiger partial charge in [-0.2, -0.15) is 15.2 Å². The second-order valence-corrected chi connectivity index (χ2v) is 11.1. The predicted octanol–water partition coefficient (Wildman–Crippen LogP) is 4.50. The number of nitrogens with zero attached hydrogens (tertiary/aromatic N) is 6. The molecule has 0 bridgehead atoms. The van der Waals surface area contributed by atoms with Gasteiger partial charge in [-0.3, -0.25) is 4.79 Å². The molecule has 9 nitrogen and oxygen atoms in total. The number of anilines is 2. The highest BCUT2D eigenvalue weighted by Gasteiger charge is 2.26. The second-order valence-electron chi connectivity index (χ2n) is 10.7. The SMILES string of the molecule is CC#CC(=O)N(CCC#N)CCNc1nc(OC[C@@H]2CCCN2C)nc2c1CCN(c1cccc3cccc(Cl)c13)C2. The number of amides is 1. The summed E-state index contributed by atoms with van der Waals surface area (Å²) < 4.78 is 6.19. The van der Waals surface area contributed by atoms with Crippen molar-refractivity contribution in [1.82, 2.24) is 19.8 Å². The first-order valence-corrected chi connectivity index (χ1v) is 14.8. The fourth-order valence-corrected chi connectivity index (χ4v) is 6.00. The van der Waals surface area contributed by atoms with Gasteiger partial charge in [0.1, 0.15) is 12.4 Å². The Morgan fingerprint density at radius 3 is 2.81 bits per heavy atom. The van der Waals surface area contributed by atoms with Crippen LogP contribution in [0.4, 0.5) is 11.5 Å². The third kappa shape index (κ3) is 6.70. The summed E-state index contributed by atoms with van der Waals surface area (Å²) in [5.74, 6) is 5.67. The molecule has 0 spiro atoms. The van der Waals surface area contributed by atoms with Crippen LogP contribution in [0.15, 0.2) is 36.4 Å². The van der Waals surface area contributed by atoms with E-state index in [1.807, 2.05) is 12.1 Å². The van der Waals surface area contributed by atoms with E-state index in [2.05, 4.69) is 64.3 Å². The van der Waals surface area contributed by atoms with Crippen LogP contribution < -0.4 is 15.0 Å². The minimum Gasteiger partial charge on any atom is -0.462 e. The Balaban J connectivity index is 1.39. The summed E-state index contributed by atoms with van der Waals surface area (Å²) in [6, 6.07) is 15.0. The molecule has 1 N–H and O–H groups in total. The summed E-state index contributed by atoms with van der Waals surface area (Å²) in [5.41, 5.74) is 3.04. The van der Waals surface area contributed by atoms with Crippen LogP contribution in [0.25, 0.3) is 10.8 Å². The Bertz CT molecular complexity index is 1540. The van der Waals surface area contributed by atoms with Crippen molar-refractivity contribution >= 4 is 39.8 Å². The Labute approximate surface area is 252 Å². The lowest BCUT2D eigenvalue weighted by molar-refractivity contribution is -0.124. The van der Waals surface area contributed by atoms with Crippen LogP contribution in [-0.4, -0.2) is 78.1 Å². The van der Waals surface area contributed by atoms with Crippen molar-refractivity contribution in [1.29, 1.82) is 5.26 Å². The Morgan fingerprint density at radius 1 is 1.21 bits per heavy atom. The standard InChI is InChI=1S/C32H36ClN7O2/c1-3-8-29(41)39(18-7-15-34)20-16-35-31-25-14-19-40(28-13-5-10-23-9-4-12-26(33)30(23)28)21-27(25)36-32(37-31)42-22-24-11-6-17-38(24)2/h4-5,9-10,12-13,24H,6-7,11,14,16-22H2,1-2H3,(H,35,36,37)/t24-/m0/s1. The number of nitrogens with one attached hydrogen (secondary N) is 1. The smallest absolute Gasteiger partial charge is 0.318 e. The first-order chi connectivity index (χ1) is 20.5. The van der Waals surface area contributed by atoms with Crippen molar-refractivity contribution in [3.05, 3.63) is 52.7 Å². The van der Waals surface area contributed by atoms with Crippen LogP contribution >= 0.6 is 11.6 Å². The molecular weight excluding hydrogens is 550 g/mol. The number of carbonyl (C=O) groups is 1. The maximum absolute atomic E-state index is 12.5. The number of ether oxygens (including phenoxy) is 1. The van der Waals surface area contributed by atoms with Gasteiger partial charge >= 0.3 is 6.01 Å². The summed E-state index contributed by atoms with van der Waals surface area (Å²) in [4.78, 5) is 28.4. The number of rotatable bonds is 10. The molecular formula is C32H36ClN7O2. The molecule has 1 amide bonds. The quantitative estimate of drug-likeness (QED) is 0.348. The Kier molecular flexibility index (Phi) is 9.63. The van der Waals surface area contributed by atoms with Gasteiger partial charge in [-0.1, -0.05) is 41.8 Å². The van der Waals surface area contributed by atoms with Gasteiger partial charge < -0.3 is 24.8 Å². The van der Waals surface area contributed by atoms with Crippen LogP contribution in [0.2, 0.25) is 5.02 Å². The highest BCUT2D eigenvalue weighted by molar-refractivity contribution is 6.36. The molecule has 2 aromatic carbocycles. The third-order valence-electron chi connectivity index (χ3n) is 7.98. The molecule has 2 aliphatic rings. The predicted molar refractivity (Wildman–Crippen MR) is 166 cm³/mol. The van der Waals surface area contributed by atoms with Gasteiger partial charge in [0.05, 0.1) is 29.8 Å². The molecule has 10 heteroatoms. The molecule has 5 rings (SSSR count). The van der Waals surface area contributed by atoms with Gasteiger partial charge in [-0.05, 0) is 63.2 Å². The fraction of sp³-hybridized carbons (Fsp3) is 0.438. The average molecular weight is 586 g/mol. The molecule has 42 heavy (non-hydrogen) atoms. The van der Waals surface area contributed by atoms with Crippen molar-refractivity contribution in [3.63, 3.8) is 0 Å². The van der Waals surface area contributed by atoms with E-state index >= 15 is 0 Å². The molecule has 3 aromatic rings. The number of hydrogen-bond acceptors (Lipinski definition) is 8. The first kappa shape index (κ1) is 29.4. The molecule has 1 fully saturated rings. The minimum atomic E-state index is -0.284. The molecule has 218 valence electrons. The molecule has 1 aromatic heterocycles. The van der Waals surface area contributed by atoms with Gasteiger partial charge in [0.25, 0.3) is 5.91 Å². The maximum Gasteiger partial charge on any atom is 0.318 e. The molecule has 2 aliphatic heterocycles. The first-order valence-electron chi connectivity index (χ1n) is 14.5. The van der Waals surface area contributed by atoms with E-state index in [-0.39, 0.29) is 12.3 Å². The maximum atomic E-state index is 12.5. The van der Waals surface area contributed by atoms with Crippen LogP contribution in [0, 0.1) is 23.2 Å². The van der Waals surface area contributed by atoms with E-state index in [0.717, 1.165) is 70.9 Å². The van der Waals surface area contributed by atoms with Crippen LogP contribution in [0.3, 0.4) is 0 Å². The number of halogens is 1. The van der Waals surface area contributed by atoms with E-state index in [4.69, 9.17) is 31.6 Å². The van der Waals surface area contributed by atoms with Crippen molar-refractivity contribution in [2.75, 3.05) is 56.6 Å². The minimum absolute atomic E-state index is 0.252. The largest absolute Gasteiger partial charge is 0.462 e. The highest BCUT2D eigenvalue weighted by Crippen LogP contribution is 2.36. The third-order valence-corrected chi connectivity index (χ3v) is 8.30. The number of aromatic nitrogens is 2. The van der Waals surface area contributed by atoms with Crippen LogP contribution in [0.1, 0.15) is 37.4 Å². The van der Waals surface area contributed by atoms with Gasteiger partial charge in [0.2, 0.25) is 0 Å². The molecule has 0 aliphatic carbocycles. The summed E-state index contributed by atoms with van der Waals surface area (Å²) >= 11 is 6.66. The fourth-order valence-electron chi connectivity index (χ4n) is 5.72. The highest BCUT2D eigenvalue weighted by atomic mass is 35.5. The monoisotopic (exact) mass is 585 g/mol. The number of nitriles is 1. The van der Waals surface area contributed by atoms with Crippen molar-refractivity contribution in [3.8, 4) is 23.9 Å². The van der Waals surface area contributed by atoms with E-state index in [1.165, 1.54) is 0 Å². The van der Waals surface area contributed by atoms with Crippen LogP contribution in [0.5, 0.6) is 6.01 Å². The molecule has 1 saturated heterocycles. The summed E-state index contributed by atoms with van der Waals surface area (Å²) in [5, 5.41) is 15.3. The topological polar surface area (TPSA) is 97.6 Å². The Morgan fingerprint density at radius 2 is 2.05 bits per heavy atom. The zero-order chi connectivity index (χ0) is 29.5. The zero-order valence-electron chi connectivity index (χ0n) is 24.2. The molecule has 0 unspecified atom stereocenters. The summed E-state index contributed by atoms with van der Waals surface area (Å²) in [7, 11) is 2.12. The lowest BCUT2D eigenvalue weighted by Gasteiger charge is -2.32. The second kappa shape index (κ2) is 13.7. The number of benzene rings is 2. The van der Waals surface area contributed by atoms with Gasteiger partial charge in [-0.15, -0.1) is 0 Å². The average Bonchev–Trinajstić information content (AvgIpc) is 3.41. The van der Waals surface area contributed by atoms with Crippen LogP contribution in [-0.2, 0) is 17.8 Å². The number of fused-ring (bicyclic) bond motifs is 2. The number of likely N-dealkylation sites (tertiary alicyclic amines) is 1. The van der Waals surface area contributed by atoms with Crippen molar-refractivity contribution in [2.45, 2.75) is 45.2 Å². The number of carbonyl (C=O) groups excluding carboxylic acids is 1. The zero-order valence-corrected chi connectivity index (χ0v) is 25.0. The normalized spacial score (nSPS) is 16.3. The number of likely N-dealkylation sites (N-methyl/N-ethyl adjacent to an activating group) is 1. The lowest BCUT2D eigenvalue weighted by Crippen LogP contribution is -2.36. The Hall–Kier alpha value is -4.05. The van der Waals surface area contributed by atoms with E-state index in [9.17, 15) is 4.79 Å². The van der Waals surface area contributed by atoms with Gasteiger partial charge in [-0.25, -0.2) is 0 Å². The van der Waals surface area contributed by atoms with Gasteiger partial charge in [0, 0.05) is 48.9 Å². The summed E-state index contributed by atoms with van der Waals surface area (Å²) in [6.07, 6.45) is 3.24. The van der Waals surface area contributed by atoms with Crippen molar-refractivity contribution in [2.24, 2.45) is 0 Å². The van der Waals surface area contributed by atoms with Crippen molar-refractivity contribution < 1.29 is 9.53 Å².